The summed E-state index contributed by atoms with van der Waals surface area (Å²) in [5.74, 6) is -0.888. The highest BCUT2D eigenvalue weighted by molar-refractivity contribution is 6.30. The maximum absolute atomic E-state index is 12.6. The minimum Gasteiger partial charge on any atom is -0.550 e. The van der Waals surface area contributed by atoms with Crippen molar-refractivity contribution in [1.82, 2.24) is 5.01 Å². The lowest BCUT2D eigenvalue weighted by molar-refractivity contribution is -0.305. The first-order valence-electron chi connectivity index (χ1n) is 8.47. The van der Waals surface area contributed by atoms with E-state index >= 15 is 0 Å². The fraction of sp³-hybridized carbons (Fsp3) is 0.250. The Morgan fingerprint density at radius 1 is 1.15 bits per heavy atom. The third-order valence-electron chi connectivity index (χ3n) is 4.39. The minimum atomic E-state index is -1.26. The fourth-order valence-electron chi connectivity index (χ4n) is 2.97. The first kappa shape index (κ1) is 18.9. The molecule has 0 N–H and O–H groups in total. The van der Waals surface area contributed by atoms with Gasteiger partial charge in [-0.05, 0) is 53.9 Å². The van der Waals surface area contributed by atoms with E-state index in [2.05, 4.69) is 5.10 Å². The van der Waals surface area contributed by atoms with Crippen molar-refractivity contribution >= 4 is 29.2 Å². The molecule has 2 aromatic carbocycles. The summed E-state index contributed by atoms with van der Waals surface area (Å²) in [5, 5.41) is 17.2. The number of nitrogens with zero attached hydrogens (tertiary/aromatic N) is 2. The maximum atomic E-state index is 12.6. The Balaban J connectivity index is 1.88. The second-order valence-electron chi connectivity index (χ2n) is 6.16. The van der Waals surface area contributed by atoms with E-state index in [1.165, 1.54) is 5.01 Å². The fourth-order valence-corrected chi connectivity index (χ4v) is 3.09. The summed E-state index contributed by atoms with van der Waals surface area (Å²) in [6.07, 6.45) is 0.0207. The predicted molar refractivity (Wildman–Crippen MR) is 99.4 cm³/mol. The van der Waals surface area contributed by atoms with Crippen LogP contribution in [0.3, 0.4) is 0 Å². The van der Waals surface area contributed by atoms with Crippen LogP contribution in [0.15, 0.2) is 53.6 Å². The number of ether oxygens (including phenoxy) is 1. The molecular weight excluding hydrogens is 368 g/mol. The molecule has 0 fully saturated rings. The summed E-state index contributed by atoms with van der Waals surface area (Å²) >= 11 is 5.96. The molecule has 0 spiro atoms. The first-order chi connectivity index (χ1) is 13.0. The van der Waals surface area contributed by atoms with Crippen molar-refractivity contribution in [3.8, 4) is 5.75 Å². The Labute approximate surface area is 162 Å². The highest BCUT2D eigenvalue weighted by Gasteiger charge is 2.32. The van der Waals surface area contributed by atoms with E-state index < -0.39 is 5.97 Å². The summed E-state index contributed by atoms with van der Waals surface area (Å²) in [6, 6.07) is 14.3. The van der Waals surface area contributed by atoms with E-state index in [0.29, 0.717) is 11.4 Å². The van der Waals surface area contributed by atoms with Gasteiger partial charge < -0.3 is 14.6 Å². The lowest BCUT2D eigenvalue weighted by atomic mass is 9.98. The lowest BCUT2D eigenvalue weighted by Crippen LogP contribution is -2.29. The van der Waals surface area contributed by atoms with Crippen molar-refractivity contribution in [2.75, 3.05) is 7.11 Å². The molecule has 1 atom stereocenters. The van der Waals surface area contributed by atoms with Crippen molar-refractivity contribution in [2.45, 2.75) is 25.3 Å². The van der Waals surface area contributed by atoms with Gasteiger partial charge in [-0.25, -0.2) is 5.01 Å². The Morgan fingerprint density at radius 3 is 2.41 bits per heavy atom. The van der Waals surface area contributed by atoms with Gasteiger partial charge in [-0.2, -0.15) is 5.10 Å². The molecule has 0 unspecified atom stereocenters. The van der Waals surface area contributed by atoms with Crippen molar-refractivity contribution in [3.05, 3.63) is 64.7 Å². The van der Waals surface area contributed by atoms with Crippen molar-refractivity contribution in [1.29, 1.82) is 0 Å². The van der Waals surface area contributed by atoms with E-state index in [-0.39, 0.29) is 24.8 Å². The topological polar surface area (TPSA) is 82.0 Å². The van der Waals surface area contributed by atoms with Crippen LogP contribution < -0.4 is 9.84 Å². The van der Waals surface area contributed by atoms with E-state index in [1.54, 1.807) is 19.2 Å². The summed E-state index contributed by atoms with van der Waals surface area (Å²) < 4.78 is 5.17. The number of rotatable bonds is 6. The quantitative estimate of drug-likeness (QED) is 0.765. The average Bonchev–Trinajstić information content (AvgIpc) is 3.12. The largest absolute Gasteiger partial charge is 0.550 e. The zero-order chi connectivity index (χ0) is 19.4. The molecule has 27 heavy (non-hydrogen) atoms. The van der Waals surface area contributed by atoms with E-state index in [1.807, 2.05) is 36.4 Å². The number of methoxy groups -OCH3 is 1. The van der Waals surface area contributed by atoms with E-state index in [9.17, 15) is 14.7 Å². The number of carbonyl (C=O) groups excluding carboxylic acids is 2. The van der Waals surface area contributed by atoms with Gasteiger partial charge in [-0.15, -0.1) is 0 Å². The van der Waals surface area contributed by atoms with Crippen LogP contribution in [-0.4, -0.2) is 29.7 Å². The zero-order valence-electron chi connectivity index (χ0n) is 14.7. The van der Waals surface area contributed by atoms with Gasteiger partial charge in [0.25, 0.3) is 0 Å². The van der Waals surface area contributed by atoms with Gasteiger partial charge >= 0.3 is 0 Å². The molecule has 3 rings (SSSR count). The molecule has 7 heteroatoms. The SMILES string of the molecule is COc1ccc(C2=NN(C(=O)CCC(=O)[O-])[C@H](c3ccc(Cl)cc3)C2)cc1. The molecule has 6 nitrogen and oxygen atoms in total. The standard InChI is InChI=1S/C20H19ClN2O4/c1-27-16-8-4-13(5-9-16)17-12-18(14-2-6-15(21)7-3-14)23(22-17)19(24)10-11-20(25)26/h2-9,18H,10-12H2,1H3,(H,25,26)/p-1/t18-/m0/s1. The molecule has 1 aliphatic rings. The number of hydrogen-bond donors (Lipinski definition) is 0. The Morgan fingerprint density at radius 2 is 1.81 bits per heavy atom. The van der Waals surface area contributed by atoms with Gasteiger partial charge in [0.1, 0.15) is 5.75 Å². The molecule has 1 aliphatic heterocycles. The zero-order valence-corrected chi connectivity index (χ0v) is 15.5. The Hall–Kier alpha value is -2.86. The predicted octanol–water partition coefficient (Wildman–Crippen LogP) is 2.56. The van der Waals surface area contributed by atoms with Crippen LogP contribution in [0, 0.1) is 0 Å². The number of carbonyl (C=O) groups is 2. The maximum Gasteiger partial charge on any atom is 0.243 e. The molecule has 0 aliphatic carbocycles. The molecule has 1 amide bonds. The molecule has 0 bridgehead atoms. The number of carboxylic acids is 1. The Kier molecular flexibility index (Phi) is 5.76. The van der Waals surface area contributed by atoms with Gasteiger partial charge in [-0.1, -0.05) is 23.7 Å². The summed E-state index contributed by atoms with van der Waals surface area (Å²) in [4.78, 5) is 23.3. The average molecular weight is 386 g/mol. The monoisotopic (exact) mass is 385 g/mol. The molecule has 0 saturated carbocycles. The summed E-state index contributed by atoms with van der Waals surface area (Å²) in [5.41, 5.74) is 2.51. The number of halogens is 1. The molecule has 0 saturated heterocycles. The minimum absolute atomic E-state index is 0.161. The van der Waals surface area contributed by atoms with Crippen molar-refractivity contribution < 1.29 is 19.4 Å². The first-order valence-corrected chi connectivity index (χ1v) is 8.85. The number of amides is 1. The van der Waals surface area contributed by atoms with Gasteiger partial charge in [0.15, 0.2) is 0 Å². The summed E-state index contributed by atoms with van der Waals surface area (Å²) in [6.45, 7) is 0. The third-order valence-corrected chi connectivity index (χ3v) is 4.64. The van der Waals surface area contributed by atoms with E-state index in [4.69, 9.17) is 16.3 Å². The number of carboxylic acid groups (broad SMARTS) is 1. The van der Waals surface area contributed by atoms with Crippen LogP contribution in [-0.2, 0) is 9.59 Å². The van der Waals surface area contributed by atoms with Crippen LogP contribution in [0.25, 0.3) is 0 Å². The third kappa shape index (κ3) is 4.46. The van der Waals surface area contributed by atoms with Crippen LogP contribution in [0.5, 0.6) is 5.75 Å². The van der Waals surface area contributed by atoms with E-state index in [0.717, 1.165) is 22.6 Å². The normalized spacial score (nSPS) is 16.1. The smallest absolute Gasteiger partial charge is 0.243 e. The molecule has 140 valence electrons. The number of aliphatic carboxylic acids is 1. The van der Waals surface area contributed by atoms with Crippen LogP contribution in [0.2, 0.25) is 5.02 Å². The van der Waals surface area contributed by atoms with Gasteiger partial charge in [0, 0.05) is 23.8 Å². The second kappa shape index (κ2) is 8.22. The van der Waals surface area contributed by atoms with Crippen LogP contribution in [0.4, 0.5) is 0 Å². The van der Waals surface area contributed by atoms with Gasteiger partial charge in [-0.3, -0.25) is 4.79 Å². The van der Waals surface area contributed by atoms with Gasteiger partial charge in [0.05, 0.1) is 18.9 Å². The lowest BCUT2D eigenvalue weighted by Gasteiger charge is -2.22. The van der Waals surface area contributed by atoms with Crippen molar-refractivity contribution in [2.24, 2.45) is 5.10 Å². The molecule has 2 aromatic rings. The summed E-state index contributed by atoms with van der Waals surface area (Å²) in [7, 11) is 1.59. The number of benzene rings is 2. The van der Waals surface area contributed by atoms with Crippen molar-refractivity contribution in [3.63, 3.8) is 0 Å². The second-order valence-corrected chi connectivity index (χ2v) is 6.59. The highest BCUT2D eigenvalue weighted by Crippen LogP contribution is 2.34. The molecular formula is C20H18ClN2O4-. The Bertz CT molecular complexity index is 863. The number of hydrazone groups is 1. The molecule has 0 radical (unpaired) electrons. The highest BCUT2D eigenvalue weighted by atomic mass is 35.5. The number of hydrogen-bond acceptors (Lipinski definition) is 5. The van der Waals surface area contributed by atoms with Gasteiger partial charge in [0.2, 0.25) is 5.91 Å². The molecule has 1 heterocycles. The van der Waals surface area contributed by atoms with Crippen LogP contribution >= 0.6 is 11.6 Å². The molecule has 0 aromatic heterocycles. The van der Waals surface area contributed by atoms with Crippen LogP contribution in [0.1, 0.15) is 36.4 Å².